The van der Waals surface area contributed by atoms with Crippen LogP contribution >= 0.6 is 0 Å². The smallest absolute Gasteiger partial charge is 0.258 e. The predicted octanol–water partition coefficient (Wildman–Crippen LogP) is 4.78. The van der Waals surface area contributed by atoms with Gasteiger partial charge in [-0.2, -0.15) is 0 Å². The van der Waals surface area contributed by atoms with Crippen LogP contribution in [-0.2, 0) is 0 Å². The molecule has 0 aliphatic rings. The molecule has 8 nitrogen and oxygen atoms in total. The van der Waals surface area contributed by atoms with Crippen LogP contribution in [0, 0.1) is 20.2 Å². The summed E-state index contributed by atoms with van der Waals surface area (Å²) in [5, 5.41) is 22.6. The first-order chi connectivity index (χ1) is 13.5. The van der Waals surface area contributed by atoms with Crippen LogP contribution in [0.4, 0.5) is 11.4 Å². The van der Waals surface area contributed by atoms with Crippen molar-refractivity contribution in [2.45, 2.75) is 0 Å². The molecule has 0 spiro atoms. The summed E-state index contributed by atoms with van der Waals surface area (Å²) in [5.41, 5.74) is 2.68. The third kappa shape index (κ3) is 3.14. The van der Waals surface area contributed by atoms with E-state index < -0.39 is 9.85 Å². The van der Waals surface area contributed by atoms with E-state index in [0.717, 1.165) is 5.39 Å². The van der Waals surface area contributed by atoms with Crippen molar-refractivity contribution in [3.63, 3.8) is 0 Å². The number of nitro benzene ring substituents is 2. The minimum Gasteiger partial charge on any atom is -0.258 e. The molecule has 0 unspecified atom stereocenters. The van der Waals surface area contributed by atoms with Gasteiger partial charge in [0.2, 0.25) is 0 Å². The first-order valence-corrected chi connectivity index (χ1v) is 8.29. The second-order valence-electron chi connectivity index (χ2n) is 6.02. The quantitative estimate of drug-likeness (QED) is 0.376. The van der Waals surface area contributed by atoms with Gasteiger partial charge in [0, 0.05) is 40.8 Å². The Balaban J connectivity index is 1.88. The number of benzene rings is 3. The van der Waals surface area contributed by atoms with Crippen molar-refractivity contribution in [1.82, 2.24) is 9.97 Å². The van der Waals surface area contributed by atoms with E-state index in [9.17, 15) is 20.2 Å². The van der Waals surface area contributed by atoms with Gasteiger partial charge in [-0.1, -0.05) is 18.2 Å². The predicted molar refractivity (Wildman–Crippen MR) is 104 cm³/mol. The lowest BCUT2D eigenvalue weighted by Gasteiger charge is -2.09. The molecule has 0 saturated heterocycles. The van der Waals surface area contributed by atoms with Gasteiger partial charge in [0.1, 0.15) is 0 Å². The van der Waals surface area contributed by atoms with Gasteiger partial charge in [0.15, 0.2) is 5.82 Å². The Bertz CT molecular complexity index is 1210. The highest BCUT2D eigenvalue weighted by molar-refractivity contribution is 5.93. The fourth-order valence-electron chi connectivity index (χ4n) is 2.90. The van der Waals surface area contributed by atoms with E-state index >= 15 is 0 Å². The molecule has 0 saturated carbocycles. The lowest BCUT2D eigenvalue weighted by molar-refractivity contribution is -0.385. The maximum atomic E-state index is 10.9. The number of non-ortho nitro benzene ring substituents is 2. The lowest BCUT2D eigenvalue weighted by Crippen LogP contribution is -1.96. The van der Waals surface area contributed by atoms with Gasteiger partial charge in [-0.05, 0) is 30.3 Å². The van der Waals surface area contributed by atoms with E-state index in [1.165, 1.54) is 24.3 Å². The molecule has 0 bridgehead atoms. The summed E-state index contributed by atoms with van der Waals surface area (Å²) < 4.78 is 0. The second-order valence-corrected chi connectivity index (χ2v) is 6.02. The summed E-state index contributed by atoms with van der Waals surface area (Å²) in [4.78, 5) is 30.1. The van der Waals surface area contributed by atoms with Gasteiger partial charge < -0.3 is 0 Å². The first kappa shape index (κ1) is 17.2. The monoisotopic (exact) mass is 372 g/mol. The molecule has 0 aliphatic heterocycles. The van der Waals surface area contributed by atoms with Crippen molar-refractivity contribution in [2.75, 3.05) is 0 Å². The van der Waals surface area contributed by atoms with E-state index in [2.05, 4.69) is 9.97 Å². The summed E-state index contributed by atoms with van der Waals surface area (Å²) in [6, 6.07) is 19.6. The Kier molecular flexibility index (Phi) is 4.21. The van der Waals surface area contributed by atoms with Gasteiger partial charge in [-0.25, -0.2) is 9.97 Å². The van der Waals surface area contributed by atoms with Gasteiger partial charge in [-0.3, -0.25) is 20.2 Å². The standard InChI is InChI=1S/C20H12N4O4/c25-23(26)15-9-5-13(6-10-15)19-17-3-1-2-4-18(17)21-20(22-19)14-7-11-16(12-8-14)24(27)28/h1-12H. The molecular weight excluding hydrogens is 360 g/mol. The Hall–Kier alpha value is -4.20. The Labute approximate surface area is 158 Å². The van der Waals surface area contributed by atoms with E-state index in [1.807, 2.05) is 24.3 Å². The molecule has 0 aliphatic carbocycles. The minimum absolute atomic E-state index is 0.00213. The van der Waals surface area contributed by atoms with Crippen LogP contribution in [0.25, 0.3) is 33.5 Å². The van der Waals surface area contributed by atoms with Crippen molar-refractivity contribution in [2.24, 2.45) is 0 Å². The fourth-order valence-corrected chi connectivity index (χ4v) is 2.90. The average Bonchev–Trinajstić information content (AvgIpc) is 2.73. The number of aromatic nitrogens is 2. The number of hydrogen-bond acceptors (Lipinski definition) is 6. The maximum Gasteiger partial charge on any atom is 0.269 e. The van der Waals surface area contributed by atoms with Crippen molar-refractivity contribution in [3.8, 4) is 22.6 Å². The normalized spacial score (nSPS) is 10.7. The highest BCUT2D eigenvalue weighted by Crippen LogP contribution is 2.30. The molecular formula is C20H12N4O4. The molecule has 0 N–H and O–H groups in total. The van der Waals surface area contributed by atoms with E-state index in [1.54, 1.807) is 24.3 Å². The summed E-state index contributed by atoms with van der Waals surface area (Å²) in [6.45, 7) is 0. The van der Waals surface area contributed by atoms with Crippen molar-refractivity contribution in [3.05, 3.63) is 93.0 Å². The minimum atomic E-state index is -0.465. The summed E-state index contributed by atoms with van der Waals surface area (Å²) in [5.74, 6) is 0.418. The molecule has 0 radical (unpaired) electrons. The molecule has 1 aromatic heterocycles. The number of hydrogen-bond donors (Lipinski definition) is 0. The maximum absolute atomic E-state index is 10.9. The highest BCUT2D eigenvalue weighted by atomic mass is 16.6. The fraction of sp³-hybridized carbons (Fsp3) is 0. The van der Waals surface area contributed by atoms with Crippen molar-refractivity contribution in [1.29, 1.82) is 0 Å². The van der Waals surface area contributed by atoms with Gasteiger partial charge in [0.05, 0.1) is 21.1 Å². The molecule has 8 heteroatoms. The molecule has 4 rings (SSSR count). The van der Waals surface area contributed by atoms with E-state index in [0.29, 0.717) is 28.2 Å². The van der Waals surface area contributed by atoms with Crippen LogP contribution in [0.2, 0.25) is 0 Å². The molecule has 4 aromatic rings. The zero-order valence-corrected chi connectivity index (χ0v) is 14.4. The molecule has 1 heterocycles. The molecule has 136 valence electrons. The SMILES string of the molecule is O=[N+]([O-])c1ccc(-c2nc(-c3ccc([N+](=O)[O-])cc3)c3ccccc3n2)cc1. The molecule has 28 heavy (non-hydrogen) atoms. The number of rotatable bonds is 4. The van der Waals surface area contributed by atoms with Crippen molar-refractivity contribution < 1.29 is 9.85 Å². The van der Waals surface area contributed by atoms with Gasteiger partial charge >= 0.3 is 0 Å². The largest absolute Gasteiger partial charge is 0.269 e. The first-order valence-electron chi connectivity index (χ1n) is 8.29. The Morgan fingerprint density at radius 2 is 1.18 bits per heavy atom. The van der Waals surface area contributed by atoms with Crippen LogP contribution < -0.4 is 0 Å². The Morgan fingerprint density at radius 3 is 1.75 bits per heavy atom. The van der Waals surface area contributed by atoms with E-state index in [-0.39, 0.29) is 11.4 Å². The van der Waals surface area contributed by atoms with Crippen LogP contribution in [0.3, 0.4) is 0 Å². The number of para-hydroxylation sites is 1. The van der Waals surface area contributed by atoms with Crippen molar-refractivity contribution >= 4 is 22.3 Å². The summed E-state index contributed by atoms with van der Waals surface area (Å²) in [7, 11) is 0. The summed E-state index contributed by atoms with van der Waals surface area (Å²) >= 11 is 0. The van der Waals surface area contributed by atoms with Crippen LogP contribution in [0.5, 0.6) is 0 Å². The molecule has 0 amide bonds. The highest BCUT2D eigenvalue weighted by Gasteiger charge is 2.14. The average molecular weight is 372 g/mol. The lowest BCUT2D eigenvalue weighted by atomic mass is 10.1. The van der Waals surface area contributed by atoms with Crippen LogP contribution in [0.15, 0.2) is 72.8 Å². The number of nitro groups is 2. The molecule has 0 fully saturated rings. The summed E-state index contributed by atoms with van der Waals surface area (Å²) in [6.07, 6.45) is 0. The molecule has 3 aromatic carbocycles. The zero-order valence-electron chi connectivity index (χ0n) is 14.4. The molecule has 0 atom stereocenters. The number of fused-ring (bicyclic) bond motifs is 1. The third-order valence-electron chi connectivity index (χ3n) is 4.29. The van der Waals surface area contributed by atoms with Gasteiger partial charge in [0.25, 0.3) is 11.4 Å². The second kappa shape index (κ2) is 6.84. The third-order valence-corrected chi connectivity index (χ3v) is 4.29. The number of nitrogens with zero attached hydrogens (tertiary/aromatic N) is 4. The van der Waals surface area contributed by atoms with E-state index in [4.69, 9.17) is 0 Å². The van der Waals surface area contributed by atoms with Crippen LogP contribution in [0.1, 0.15) is 0 Å². The van der Waals surface area contributed by atoms with Gasteiger partial charge in [-0.15, -0.1) is 0 Å². The Morgan fingerprint density at radius 1 is 0.643 bits per heavy atom. The topological polar surface area (TPSA) is 112 Å². The van der Waals surface area contributed by atoms with Crippen LogP contribution in [-0.4, -0.2) is 19.8 Å². The zero-order chi connectivity index (χ0) is 19.7.